The Morgan fingerprint density at radius 1 is 1.76 bits per heavy atom. The molecule has 5 nitrogen and oxygen atoms in total. The van der Waals surface area contributed by atoms with Crippen molar-refractivity contribution in [3.8, 4) is 12.3 Å². The average Bonchev–Trinajstić information content (AvgIpc) is 2.56. The molecule has 0 saturated heterocycles. The molecule has 1 heterocycles. The van der Waals surface area contributed by atoms with Crippen LogP contribution in [-0.4, -0.2) is 20.8 Å². The van der Waals surface area contributed by atoms with E-state index in [4.69, 9.17) is 12.2 Å². The number of hydrogen-bond acceptors (Lipinski definition) is 4. The van der Waals surface area contributed by atoms with E-state index >= 15 is 0 Å². The summed E-state index contributed by atoms with van der Waals surface area (Å²) in [5.41, 5.74) is 4.45. The van der Waals surface area contributed by atoms with Crippen LogP contribution < -0.4 is 11.4 Å². The quantitative estimate of drug-likeness (QED) is 0.677. The summed E-state index contributed by atoms with van der Waals surface area (Å²) in [5.74, 6) is 2.81. The van der Waals surface area contributed by atoms with E-state index in [1.54, 1.807) is 12.3 Å². The standard InChI is InChI=1S/C12H15N3O2/c1-3-12(2)7-8(6-9(12)16)15-5-4-10(13)14-11(15)17/h1,4-5,8-9,16H,6-7H2,2H3,(H2,13,14,17)/t8-,9-,12+/m0/s1. The number of terminal acetylenes is 1. The van der Waals surface area contributed by atoms with E-state index in [9.17, 15) is 9.90 Å². The monoisotopic (exact) mass is 233 g/mol. The van der Waals surface area contributed by atoms with E-state index in [2.05, 4.69) is 10.9 Å². The molecule has 1 saturated carbocycles. The second kappa shape index (κ2) is 3.90. The molecule has 1 aliphatic carbocycles. The summed E-state index contributed by atoms with van der Waals surface area (Å²) in [6, 6.07) is 1.45. The summed E-state index contributed by atoms with van der Waals surface area (Å²) in [6.45, 7) is 1.83. The fourth-order valence-electron chi connectivity index (χ4n) is 2.30. The van der Waals surface area contributed by atoms with Crippen molar-refractivity contribution in [2.24, 2.45) is 5.41 Å². The van der Waals surface area contributed by atoms with Crippen molar-refractivity contribution in [3.05, 3.63) is 22.7 Å². The molecule has 90 valence electrons. The summed E-state index contributed by atoms with van der Waals surface area (Å²) < 4.78 is 1.49. The first-order chi connectivity index (χ1) is 7.96. The summed E-state index contributed by atoms with van der Waals surface area (Å²) in [5, 5.41) is 9.92. The zero-order valence-corrected chi connectivity index (χ0v) is 9.63. The summed E-state index contributed by atoms with van der Waals surface area (Å²) >= 11 is 0. The Balaban J connectivity index is 2.33. The maximum atomic E-state index is 11.7. The van der Waals surface area contributed by atoms with Crippen LogP contribution in [0.15, 0.2) is 17.1 Å². The molecule has 3 N–H and O–H groups in total. The molecule has 0 aromatic carbocycles. The van der Waals surface area contributed by atoms with Crippen LogP contribution in [0.4, 0.5) is 5.82 Å². The highest BCUT2D eigenvalue weighted by Crippen LogP contribution is 2.43. The summed E-state index contributed by atoms with van der Waals surface area (Å²) in [6.07, 6.45) is 7.46. The lowest BCUT2D eigenvalue weighted by Crippen LogP contribution is -2.26. The van der Waals surface area contributed by atoms with Crippen LogP contribution in [-0.2, 0) is 0 Å². The highest BCUT2D eigenvalue weighted by Gasteiger charge is 2.42. The Hall–Kier alpha value is -1.80. The van der Waals surface area contributed by atoms with Gasteiger partial charge in [0.1, 0.15) is 5.82 Å². The molecule has 1 aromatic rings. The topological polar surface area (TPSA) is 81.1 Å². The van der Waals surface area contributed by atoms with Gasteiger partial charge in [0.25, 0.3) is 0 Å². The van der Waals surface area contributed by atoms with E-state index in [0.717, 1.165) is 0 Å². The van der Waals surface area contributed by atoms with E-state index < -0.39 is 17.2 Å². The van der Waals surface area contributed by atoms with Gasteiger partial charge in [0, 0.05) is 12.2 Å². The van der Waals surface area contributed by atoms with Gasteiger partial charge >= 0.3 is 5.69 Å². The van der Waals surface area contributed by atoms with E-state index in [1.165, 1.54) is 4.57 Å². The van der Waals surface area contributed by atoms with Gasteiger partial charge in [-0.25, -0.2) is 4.79 Å². The SMILES string of the molecule is C#C[C@]1(C)C[C@@H](n2ccc(N)nc2=O)C[C@@H]1O. The molecule has 1 aromatic heterocycles. The number of nitrogens with two attached hydrogens (primary N) is 1. The summed E-state index contributed by atoms with van der Waals surface area (Å²) in [7, 11) is 0. The van der Waals surface area contributed by atoms with Crippen LogP contribution in [0.1, 0.15) is 25.8 Å². The van der Waals surface area contributed by atoms with E-state index in [-0.39, 0.29) is 11.9 Å². The van der Waals surface area contributed by atoms with Gasteiger partial charge in [-0.3, -0.25) is 4.57 Å². The van der Waals surface area contributed by atoms with Gasteiger partial charge in [-0.1, -0.05) is 5.92 Å². The summed E-state index contributed by atoms with van der Waals surface area (Å²) in [4.78, 5) is 15.3. The van der Waals surface area contributed by atoms with Crippen molar-refractivity contribution in [2.45, 2.75) is 31.9 Å². The van der Waals surface area contributed by atoms with Gasteiger partial charge in [-0.05, 0) is 25.8 Å². The van der Waals surface area contributed by atoms with Crippen LogP contribution >= 0.6 is 0 Å². The predicted molar refractivity (Wildman–Crippen MR) is 64.1 cm³/mol. The number of hydrogen-bond donors (Lipinski definition) is 2. The minimum absolute atomic E-state index is 0.119. The molecule has 0 spiro atoms. The molecule has 1 aliphatic rings. The van der Waals surface area contributed by atoms with Crippen molar-refractivity contribution < 1.29 is 5.11 Å². The van der Waals surface area contributed by atoms with Crippen molar-refractivity contribution in [1.29, 1.82) is 0 Å². The minimum Gasteiger partial charge on any atom is -0.391 e. The molecule has 2 rings (SSSR count). The van der Waals surface area contributed by atoms with Crippen LogP contribution in [0.25, 0.3) is 0 Å². The van der Waals surface area contributed by atoms with Gasteiger partial charge in [0.05, 0.1) is 11.5 Å². The third-order valence-electron chi connectivity index (χ3n) is 3.47. The molecular weight excluding hydrogens is 218 g/mol. The molecule has 17 heavy (non-hydrogen) atoms. The number of aliphatic hydroxyl groups is 1. The smallest absolute Gasteiger partial charge is 0.349 e. The van der Waals surface area contributed by atoms with Crippen molar-refractivity contribution in [3.63, 3.8) is 0 Å². The second-order valence-electron chi connectivity index (χ2n) is 4.71. The number of nitrogen functional groups attached to an aromatic ring is 1. The lowest BCUT2D eigenvalue weighted by atomic mass is 9.88. The van der Waals surface area contributed by atoms with Crippen LogP contribution in [0, 0.1) is 17.8 Å². The molecule has 0 radical (unpaired) electrons. The Bertz CT molecular complexity index is 531. The number of nitrogens with zero attached hydrogens (tertiary/aromatic N) is 2. The number of rotatable bonds is 1. The fraction of sp³-hybridized carbons (Fsp3) is 0.500. The zero-order valence-electron chi connectivity index (χ0n) is 9.63. The van der Waals surface area contributed by atoms with E-state index in [0.29, 0.717) is 12.8 Å². The predicted octanol–water partition coefficient (Wildman–Crippen LogP) is 0.161. The Morgan fingerprint density at radius 3 is 3.00 bits per heavy atom. The van der Waals surface area contributed by atoms with Gasteiger partial charge < -0.3 is 10.8 Å². The fourth-order valence-corrected chi connectivity index (χ4v) is 2.30. The first-order valence-electron chi connectivity index (χ1n) is 5.47. The molecule has 0 aliphatic heterocycles. The highest BCUT2D eigenvalue weighted by atomic mass is 16.3. The second-order valence-corrected chi connectivity index (χ2v) is 4.71. The molecule has 5 heteroatoms. The first kappa shape index (κ1) is 11.7. The van der Waals surface area contributed by atoms with Crippen LogP contribution in [0.5, 0.6) is 0 Å². The lowest BCUT2D eigenvalue weighted by Gasteiger charge is -2.20. The molecule has 3 atom stereocenters. The lowest BCUT2D eigenvalue weighted by molar-refractivity contribution is 0.104. The molecular formula is C12H15N3O2. The van der Waals surface area contributed by atoms with Crippen molar-refractivity contribution in [2.75, 3.05) is 5.73 Å². The Kier molecular flexibility index (Phi) is 2.68. The van der Waals surface area contributed by atoms with Crippen LogP contribution in [0.3, 0.4) is 0 Å². The van der Waals surface area contributed by atoms with Crippen molar-refractivity contribution in [1.82, 2.24) is 9.55 Å². The maximum Gasteiger partial charge on any atom is 0.349 e. The molecule has 0 bridgehead atoms. The van der Waals surface area contributed by atoms with Gasteiger partial charge in [0.15, 0.2) is 0 Å². The minimum atomic E-state index is -0.595. The molecule has 0 unspecified atom stereocenters. The van der Waals surface area contributed by atoms with Gasteiger partial charge in [-0.15, -0.1) is 6.42 Å². The van der Waals surface area contributed by atoms with Crippen LogP contribution in [0.2, 0.25) is 0 Å². The van der Waals surface area contributed by atoms with Gasteiger partial charge in [0.2, 0.25) is 0 Å². The average molecular weight is 233 g/mol. The third-order valence-corrected chi connectivity index (χ3v) is 3.47. The number of anilines is 1. The normalized spacial score (nSPS) is 32.3. The molecule has 0 amide bonds. The maximum absolute atomic E-state index is 11.7. The van der Waals surface area contributed by atoms with Crippen molar-refractivity contribution >= 4 is 5.82 Å². The molecule has 1 fully saturated rings. The largest absolute Gasteiger partial charge is 0.391 e. The third kappa shape index (κ3) is 1.92. The number of aromatic nitrogens is 2. The first-order valence-corrected chi connectivity index (χ1v) is 5.47. The highest BCUT2D eigenvalue weighted by molar-refractivity contribution is 5.24. The zero-order chi connectivity index (χ0) is 12.6. The Morgan fingerprint density at radius 2 is 2.47 bits per heavy atom. The number of aliphatic hydroxyl groups excluding tert-OH is 1. The van der Waals surface area contributed by atoms with E-state index in [1.807, 2.05) is 6.92 Å². The van der Waals surface area contributed by atoms with Gasteiger partial charge in [-0.2, -0.15) is 4.98 Å². The Labute approximate surface area is 99.3 Å².